The molecule has 0 aliphatic carbocycles. The van der Waals surface area contributed by atoms with E-state index >= 15 is 0 Å². The summed E-state index contributed by atoms with van der Waals surface area (Å²) < 4.78 is 0.887. The number of nitrogens with one attached hydrogen (secondary N) is 1. The molecule has 13 heavy (non-hydrogen) atoms. The van der Waals surface area contributed by atoms with Crippen molar-refractivity contribution >= 4 is 15.9 Å². The number of phenolic OH excluding ortho intramolecular Hbond substituents is 1. The Bertz CT molecular complexity index is 425. The molecule has 2 aromatic rings. The van der Waals surface area contributed by atoms with Crippen LogP contribution in [0.1, 0.15) is 0 Å². The van der Waals surface area contributed by atoms with Crippen molar-refractivity contribution in [2.75, 3.05) is 0 Å². The fraction of sp³-hybridized carbons (Fsp3) is 0. The van der Waals surface area contributed by atoms with Crippen molar-refractivity contribution in [3.05, 3.63) is 34.9 Å². The Hall–Kier alpha value is -1.29. The molecule has 0 aliphatic heterocycles. The second kappa shape index (κ2) is 3.22. The number of aromatic amines is 1. The molecule has 4 heteroatoms. The third-order valence-electron chi connectivity index (χ3n) is 1.73. The van der Waals surface area contributed by atoms with E-state index in [9.17, 15) is 5.11 Å². The monoisotopic (exact) mass is 238 g/mol. The quantitative estimate of drug-likeness (QED) is 0.803. The molecule has 0 bridgehead atoms. The van der Waals surface area contributed by atoms with E-state index < -0.39 is 0 Å². The van der Waals surface area contributed by atoms with Crippen LogP contribution in [0.3, 0.4) is 0 Å². The lowest BCUT2D eigenvalue weighted by Crippen LogP contribution is -1.78. The highest BCUT2D eigenvalue weighted by Gasteiger charge is 2.04. The zero-order valence-corrected chi connectivity index (χ0v) is 8.25. The van der Waals surface area contributed by atoms with Gasteiger partial charge in [-0.1, -0.05) is 12.1 Å². The number of phenols is 1. The Morgan fingerprint density at radius 3 is 2.85 bits per heavy atom. The summed E-state index contributed by atoms with van der Waals surface area (Å²) in [6.07, 6.45) is 1.68. The molecular weight excluding hydrogens is 232 g/mol. The Kier molecular flexibility index (Phi) is 2.06. The fourth-order valence-corrected chi connectivity index (χ4v) is 1.56. The zero-order valence-electron chi connectivity index (χ0n) is 6.66. The van der Waals surface area contributed by atoms with Crippen molar-refractivity contribution in [1.29, 1.82) is 0 Å². The van der Waals surface area contributed by atoms with E-state index in [0.717, 1.165) is 15.7 Å². The van der Waals surface area contributed by atoms with Gasteiger partial charge in [-0.05, 0) is 28.1 Å². The molecule has 0 saturated heterocycles. The third kappa shape index (κ3) is 1.58. The van der Waals surface area contributed by atoms with Gasteiger partial charge in [-0.15, -0.1) is 0 Å². The van der Waals surface area contributed by atoms with Gasteiger partial charge in [0.1, 0.15) is 5.75 Å². The van der Waals surface area contributed by atoms with Gasteiger partial charge in [0.25, 0.3) is 0 Å². The molecule has 1 aromatic carbocycles. The van der Waals surface area contributed by atoms with Gasteiger partial charge < -0.3 is 5.11 Å². The molecule has 0 amide bonds. The molecule has 0 unspecified atom stereocenters. The van der Waals surface area contributed by atoms with Crippen LogP contribution in [0.25, 0.3) is 11.3 Å². The molecule has 1 heterocycles. The van der Waals surface area contributed by atoms with Crippen molar-refractivity contribution in [1.82, 2.24) is 10.2 Å². The van der Waals surface area contributed by atoms with Crippen LogP contribution in [0.4, 0.5) is 0 Å². The number of halogens is 1. The van der Waals surface area contributed by atoms with Gasteiger partial charge in [0.2, 0.25) is 0 Å². The van der Waals surface area contributed by atoms with Gasteiger partial charge >= 0.3 is 0 Å². The molecule has 0 atom stereocenters. The largest absolute Gasteiger partial charge is 0.508 e. The lowest BCUT2D eigenvalue weighted by atomic mass is 10.1. The highest BCUT2D eigenvalue weighted by molar-refractivity contribution is 9.10. The molecule has 66 valence electrons. The van der Waals surface area contributed by atoms with Crippen molar-refractivity contribution in [3.63, 3.8) is 0 Å². The molecule has 0 spiro atoms. The van der Waals surface area contributed by atoms with Gasteiger partial charge in [0.05, 0.1) is 16.4 Å². The maximum Gasteiger partial charge on any atom is 0.116 e. The van der Waals surface area contributed by atoms with Gasteiger partial charge in [-0.3, -0.25) is 5.10 Å². The SMILES string of the molecule is Oc1cccc(-c2[nH]ncc2Br)c1. The number of aromatic nitrogens is 2. The summed E-state index contributed by atoms with van der Waals surface area (Å²) in [6, 6.07) is 7.00. The summed E-state index contributed by atoms with van der Waals surface area (Å²) in [6.45, 7) is 0. The summed E-state index contributed by atoms with van der Waals surface area (Å²) in [4.78, 5) is 0. The maximum atomic E-state index is 9.25. The standard InChI is InChI=1S/C9H7BrN2O/c10-8-5-11-12-9(8)6-2-1-3-7(13)4-6/h1-5,13H,(H,11,12). The van der Waals surface area contributed by atoms with E-state index in [2.05, 4.69) is 26.1 Å². The van der Waals surface area contributed by atoms with Gasteiger partial charge in [0.15, 0.2) is 0 Å². The number of rotatable bonds is 1. The first kappa shape index (κ1) is 8.31. The number of hydrogen-bond acceptors (Lipinski definition) is 2. The van der Waals surface area contributed by atoms with Gasteiger partial charge in [0, 0.05) is 5.56 Å². The van der Waals surface area contributed by atoms with Crippen molar-refractivity contribution in [2.45, 2.75) is 0 Å². The number of benzene rings is 1. The van der Waals surface area contributed by atoms with E-state index in [-0.39, 0.29) is 5.75 Å². The summed E-state index contributed by atoms with van der Waals surface area (Å²) >= 11 is 3.35. The summed E-state index contributed by atoms with van der Waals surface area (Å²) in [7, 11) is 0. The molecule has 0 fully saturated rings. The first-order valence-electron chi connectivity index (χ1n) is 3.75. The Balaban J connectivity index is 2.53. The van der Waals surface area contributed by atoms with Crippen molar-refractivity contribution in [2.24, 2.45) is 0 Å². The molecule has 2 rings (SSSR count). The summed E-state index contributed by atoms with van der Waals surface area (Å²) in [5.41, 5.74) is 1.78. The Morgan fingerprint density at radius 1 is 1.38 bits per heavy atom. The second-order valence-electron chi connectivity index (χ2n) is 2.64. The molecule has 0 aliphatic rings. The van der Waals surface area contributed by atoms with Crippen molar-refractivity contribution in [3.8, 4) is 17.0 Å². The lowest BCUT2D eigenvalue weighted by Gasteiger charge is -1.98. The van der Waals surface area contributed by atoms with Crippen molar-refractivity contribution < 1.29 is 5.11 Å². The molecular formula is C9H7BrN2O. The highest BCUT2D eigenvalue weighted by Crippen LogP contribution is 2.27. The Morgan fingerprint density at radius 2 is 2.23 bits per heavy atom. The smallest absolute Gasteiger partial charge is 0.116 e. The molecule has 1 aromatic heterocycles. The van der Waals surface area contributed by atoms with E-state index in [1.54, 1.807) is 24.4 Å². The minimum atomic E-state index is 0.249. The Labute approximate surface area is 83.5 Å². The molecule has 0 saturated carbocycles. The highest BCUT2D eigenvalue weighted by atomic mass is 79.9. The van der Waals surface area contributed by atoms with E-state index in [4.69, 9.17) is 0 Å². The first-order valence-corrected chi connectivity index (χ1v) is 4.55. The number of aromatic hydroxyl groups is 1. The van der Waals surface area contributed by atoms with E-state index in [1.165, 1.54) is 0 Å². The third-order valence-corrected chi connectivity index (χ3v) is 2.33. The number of hydrogen-bond donors (Lipinski definition) is 2. The molecule has 2 N–H and O–H groups in total. The topological polar surface area (TPSA) is 48.9 Å². The predicted molar refractivity (Wildman–Crippen MR) is 53.4 cm³/mol. The maximum absolute atomic E-state index is 9.25. The fourth-order valence-electron chi connectivity index (χ4n) is 1.14. The van der Waals surface area contributed by atoms with Crippen LogP contribution in [0.2, 0.25) is 0 Å². The van der Waals surface area contributed by atoms with Crippen LogP contribution in [-0.4, -0.2) is 15.3 Å². The summed E-state index contributed by atoms with van der Waals surface area (Å²) in [5, 5.41) is 16.0. The van der Waals surface area contributed by atoms with E-state index in [1.807, 2.05) is 6.07 Å². The second-order valence-corrected chi connectivity index (χ2v) is 3.50. The minimum absolute atomic E-state index is 0.249. The minimum Gasteiger partial charge on any atom is -0.508 e. The number of H-pyrrole nitrogens is 1. The van der Waals surface area contributed by atoms with Crippen LogP contribution >= 0.6 is 15.9 Å². The average Bonchev–Trinajstić information content (AvgIpc) is 2.51. The van der Waals surface area contributed by atoms with Crippen LogP contribution in [0.15, 0.2) is 34.9 Å². The van der Waals surface area contributed by atoms with Crippen LogP contribution < -0.4 is 0 Å². The molecule has 3 nitrogen and oxygen atoms in total. The average molecular weight is 239 g/mol. The number of nitrogens with zero attached hydrogens (tertiary/aromatic N) is 1. The first-order chi connectivity index (χ1) is 6.27. The summed E-state index contributed by atoms with van der Waals surface area (Å²) in [5.74, 6) is 0.249. The van der Waals surface area contributed by atoms with E-state index in [0.29, 0.717) is 0 Å². The zero-order chi connectivity index (χ0) is 9.26. The normalized spacial score (nSPS) is 10.2. The lowest BCUT2D eigenvalue weighted by molar-refractivity contribution is 0.475. The molecule has 0 radical (unpaired) electrons. The van der Waals surface area contributed by atoms with Crippen LogP contribution in [0.5, 0.6) is 5.75 Å². The van der Waals surface area contributed by atoms with Crippen LogP contribution in [0, 0.1) is 0 Å². The predicted octanol–water partition coefficient (Wildman–Crippen LogP) is 2.54. The van der Waals surface area contributed by atoms with Crippen LogP contribution in [-0.2, 0) is 0 Å². The van der Waals surface area contributed by atoms with Gasteiger partial charge in [-0.25, -0.2) is 0 Å². The van der Waals surface area contributed by atoms with Gasteiger partial charge in [-0.2, -0.15) is 5.10 Å².